The van der Waals surface area contributed by atoms with Crippen LogP contribution in [0.3, 0.4) is 0 Å². The van der Waals surface area contributed by atoms with Gasteiger partial charge in [0.1, 0.15) is 23.6 Å². The van der Waals surface area contributed by atoms with E-state index in [0.29, 0.717) is 56.8 Å². The van der Waals surface area contributed by atoms with Crippen molar-refractivity contribution in [2.24, 2.45) is 87.3 Å². The van der Waals surface area contributed by atoms with Crippen molar-refractivity contribution in [3.8, 4) is 11.8 Å². The largest absolute Gasteiger partial charge is 0.454 e. The zero-order chi connectivity index (χ0) is 46.5. The van der Waals surface area contributed by atoms with Crippen molar-refractivity contribution in [1.29, 1.82) is 0 Å². The van der Waals surface area contributed by atoms with E-state index in [2.05, 4.69) is 36.2 Å². The summed E-state index contributed by atoms with van der Waals surface area (Å²) in [4.78, 5) is 29.3. The van der Waals surface area contributed by atoms with Crippen molar-refractivity contribution >= 4 is 12.3 Å². The summed E-state index contributed by atoms with van der Waals surface area (Å²) in [5.41, 5.74) is -3.21. The molecule has 13 aliphatic rings. The van der Waals surface area contributed by atoms with Gasteiger partial charge in [-0.25, -0.2) is 4.79 Å². The van der Waals surface area contributed by atoms with Crippen LogP contribution in [0.1, 0.15) is 127 Å². The summed E-state index contributed by atoms with van der Waals surface area (Å²) in [5.74, 6) is 3.14. The lowest BCUT2D eigenvalue weighted by Crippen LogP contribution is -2.90. The van der Waals surface area contributed by atoms with Gasteiger partial charge in [0.2, 0.25) is 0 Å². The topological polar surface area (TPSA) is 177 Å². The van der Waals surface area contributed by atoms with E-state index in [4.69, 9.17) is 4.74 Å². The van der Waals surface area contributed by atoms with Gasteiger partial charge in [-0.15, -0.1) is 0 Å². The number of benzene rings is 1. The van der Waals surface area contributed by atoms with E-state index in [0.717, 1.165) is 85.5 Å². The summed E-state index contributed by atoms with van der Waals surface area (Å²) in [6.45, 7) is 2.06. The molecule has 9 saturated carbocycles. The Morgan fingerprint density at radius 3 is 2.56 bits per heavy atom. The van der Waals surface area contributed by atoms with Crippen LogP contribution in [0.4, 0.5) is 0 Å². The Bertz CT molecular complexity index is 2530. The quantitative estimate of drug-likeness (QED) is 0.0822. The van der Waals surface area contributed by atoms with Crippen LogP contribution in [-0.4, -0.2) is 90.8 Å². The minimum Gasteiger partial charge on any atom is -0.454 e. The molecule has 2 spiro atoms. The molecular weight excluding hydrogens is 855 g/mol. The second kappa shape index (κ2) is 14.5. The van der Waals surface area contributed by atoms with Crippen LogP contribution < -0.4 is 5.32 Å². The Morgan fingerprint density at radius 1 is 0.926 bits per heavy atom. The minimum atomic E-state index is -2.26. The van der Waals surface area contributed by atoms with E-state index < -0.39 is 92.8 Å². The number of hydrogen-bond acceptors (Lipinski definition) is 10. The highest BCUT2D eigenvalue weighted by Gasteiger charge is 2.91. The molecule has 1 aliphatic heterocycles. The Labute approximate surface area is 400 Å². The number of aliphatic hydroxyl groups is 6. The van der Waals surface area contributed by atoms with Crippen LogP contribution in [0.15, 0.2) is 58.7 Å². The lowest BCUT2D eigenvalue weighted by molar-refractivity contribution is -0.403. The lowest BCUT2D eigenvalue weighted by Gasteiger charge is -2.79. The number of aldehydes is 1. The number of aliphatic hydroxyl groups excluding tert-OH is 3. The summed E-state index contributed by atoms with van der Waals surface area (Å²) < 4.78 is 6.36. The van der Waals surface area contributed by atoms with Gasteiger partial charge >= 0.3 is 5.97 Å². The molecule has 1 heterocycles. The van der Waals surface area contributed by atoms with Crippen LogP contribution in [-0.2, 0) is 20.7 Å². The summed E-state index contributed by atoms with van der Waals surface area (Å²) in [5, 5.41) is 85.8. The molecule has 7 N–H and O–H groups in total. The molecule has 0 radical (unpaired) electrons. The van der Waals surface area contributed by atoms with Crippen LogP contribution in [0.2, 0.25) is 0 Å². The molecule has 14 rings (SSSR count). The normalized spacial score (nSPS) is 52.5. The molecule has 9 fully saturated rings. The average Bonchev–Trinajstić information content (AvgIpc) is 4.16. The number of nitrogens with one attached hydrogen (secondary N) is 1. The summed E-state index contributed by atoms with van der Waals surface area (Å²) >= 11 is 0. The van der Waals surface area contributed by atoms with E-state index >= 15 is 9.90 Å². The third-order valence-corrected chi connectivity index (χ3v) is 23.8. The molecule has 6 bridgehead atoms. The first-order valence-electron chi connectivity index (χ1n) is 27.1. The smallest absolute Gasteiger partial charge is 0.331 e. The van der Waals surface area contributed by atoms with E-state index in [1.54, 1.807) is 6.08 Å². The zero-order valence-corrected chi connectivity index (χ0v) is 39.6. The predicted octanol–water partition coefficient (Wildman–Crippen LogP) is 5.85. The summed E-state index contributed by atoms with van der Waals surface area (Å²) in [6, 6.07) is 7.76. The maximum atomic E-state index is 15.5. The van der Waals surface area contributed by atoms with Crippen LogP contribution in [0.5, 0.6) is 0 Å². The van der Waals surface area contributed by atoms with Gasteiger partial charge in [0.25, 0.3) is 0 Å². The molecule has 0 aromatic heterocycles. The first-order valence-corrected chi connectivity index (χ1v) is 27.1. The lowest BCUT2D eigenvalue weighted by atomic mass is 9.26. The Kier molecular flexibility index (Phi) is 9.31. The molecule has 21 atom stereocenters. The van der Waals surface area contributed by atoms with Crippen LogP contribution >= 0.6 is 0 Å². The fraction of sp³-hybridized carbons (Fsp3) is 0.724. The highest BCUT2D eigenvalue weighted by atomic mass is 16.5. The van der Waals surface area contributed by atoms with Crippen molar-refractivity contribution in [2.75, 3.05) is 6.73 Å². The van der Waals surface area contributed by atoms with Gasteiger partial charge < -0.3 is 40.2 Å². The van der Waals surface area contributed by atoms with Gasteiger partial charge in [0.05, 0.1) is 30.0 Å². The fourth-order valence-electron chi connectivity index (χ4n) is 21.8. The van der Waals surface area contributed by atoms with Crippen molar-refractivity contribution in [2.45, 2.75) is 164 Å². The second-order valence-electron chi connectivity index (χ2n) is 25.4. The number of allylic oxidation sites excluding steroid dienone is 4. The summed E-state index contributed by atoms with van der Waals surface area (Å²) in [7, 11) is 0. The molecule has 10 heteroatoms. The van der Waals surface area contributed by atoms with Gasteiger partial charge in [-0.2, -0.15) is 0 Å². The van der Waals surface area contributed by atoms with Gasteiger partial charge in [-0.1, -0.05) is 74.3 Å². The number of ether oxygens (including phenoxy) is 1. The highest BCUT2D eigenvalue weighted by molar-refractivity contribution is 5.86. The van der Waals surface area contributed by atoms with Crippen LogP contribution in [0, 0.1) is 99.1 Å². The number of hydrogen-bond donors (Lipinski definition) is 7. The van der Waals surface area contributed by atoms with Crippen molar-refractivity contribution < 1.29 is 45.0 Å². The molecule has 0 saturated heterocycles. The Hall–Kier alpha value is -3.14. The monoisotopic (exact) mass is 926 g/mol. The molecular formula is C58H71NO9. The van der Waals surface area contributed by atoms with E-state index in [-0.39, 0.29) is 42.9 Å². The van der Waals surface area contributed by atoms with Gasteiger partial charge in [0, 0.05) is 64.5 Å². The van der Waals surface area contributed by atoms with Gasteiger partial charge in [-0.3, -0.25) is 5.32 Å². The van der Waals surface area contributed by atoms with Gasteiger partial charge in [-0.05, 0) is 153 Å². The van der Waals surface area contributed by atoms with E-state index in [9.17, 15) is 30.3 Å². The van der Waals surface area contributed by atoms with Crippen molar-refractivity contribution in [3.63, 3.8) is 0 Å². The molecule has 362 valence electrons. The molecule has 1 aromatic rings. The number of rotatable bonds is 5. The number of esters is 1. The van der Waals surface area contributed by atoms with Crippen LogP contribution in [0.25, 0.3) is 0 Å². The molecule has 0 amide bonds. The maximum absolute atomic E-state index is 15.5. The number of fused-ring (bicyclic) bond motifs is 7. The Morgan fingerprint density at radius 2 is 1.75 bits per heavy atom. The van der Waals surface area contributed by atoms with Crippen molar-refractivity contribution in [3.05, 3.63) is 69.8 Å². The highest BCUT2D eigenvalue weighted by Crippen LogP contribution is 2.85. The third kappa shape index (κ3) is 4.93. The molecule has 0 unspecified atom stereocenters. The second-order valence-corrected chi connectivity index (χ2v) is 25.4. The zero-order valence-electron chi connectivity index (χ0n) is 39.6. The minimum absolute atomic E-state index is 0.0836. The summed E-state index contributed by atoms with van der Waals surface area (Å²) in [6.07, 6.45) is 14.7. The SMILES string of the molecule is C[C@H](C1CCCC1)[C@@H]1CC[C@@H]2[C@@H](O)[C@]34CC[C@H](CC5=C6C(=CC5)[C@H]5C[C@@]78CCC#Cc9ccccc9C[C@@H](NCO)[C@H]9C[C@@H](C[C@]7(O)[C@]7(O)[C@H](O)[C@H](C1)[C@@]2(O)[C@](C=O)([C@@H]63)[C@@H]57)[C@@H]8C1=CC(=O)O[C@H]19)C4. The average molecular weight is 926 g/mol. The molecule has 12 aliphatic carbocycles. The van der Waals surface area contributed by atoms with Crippen molar-refractivity contribution in [1.82, 2.24) is 5.32 Å². The molecule has 10 nitrogen and oxygen atoms in total. The molecule has 1 aromatic carbocycles. The first-order chi connectivity index (χ1) is 32.8. The first kappa shape index (κ1) is 43.6. The van der Waals surface area contributed by atoms with Gasteiger partial charge in [0.15, 0.2) is 0 Å². The van der Waals surface area contributed by atoms with E-state index in [1.807, 2.05) is 18.2 Å². The predicted molar refractivity (Wildman–Crippen MR) is 250 cm³/mol. The molecule has 68 heavy (non-hydrogen) atoms. The Balaban J connectivity index is 1.03. The van der Waals surface area contributed by atoms with E-state index in [1.165, 1.54) is 18.4 Å². The fourth-order valence-corrected chi connectivity index (χ4v) is 21.8. The maximum Gasteiger partial charge on any atom is 0.331 e. The standard InChI is InChI=1S/C58H71NO9/c1-30(32-8-2-3-9-32)34-14-16-42-51(63)53-19-17-31(25-53)20-36-13-15-38-41-27-54-18-7-6-11-33-10-4-5-12-35(33)23-44(59-29-61)39-21-37(47(54)40-24-45(62)68-48(39)40)26-56(54,65)58(67)49(41)55(28-60,50(53)46(36)38)57(42,66)43(22-34)52(58)64/h4-5,10,12,15,24,28,30-32,34,37,39,41-44,47-52,59,61,63-67H,2-3,7-9,13-14,16-23,25-27,29H2,1H3/t30-,31-,34-,37+,39-,41-,42-,43+,44-,47-,48+,49-,50+,51-,52-,53+,54-,55+,56-,57-,58-/m1/s1. The number of carbonyl (C=O) groups excluding carboxylic acids is 2. The number of carbonyl (C=O) groups is 2. The third-order valence-electron chi connectivity index (χ3n) is 23.8.